The molecule has 0 aliphatic rings. The SMILES string of the molecule is CC(=O)NC(C)C(=O)NCC(C)(C)c1cccc(Br)c1. The van der Waals surface area contributed by atoms with Crippen LogP contribution >= 0.6 is 15.9 Å². The van der Waals surface area contributed by atoms with Gasteiger partial charge in [-0.3, -0.25) is 9.59 Å². The summed E-state index contributed by atoms with van der Waals surface area (Å²) in [4.78, 5) is 22.8. The molecule has 0 aliphatic heterocycles. The predicted octanol–water partition coefficient (Wildman–Crippen LogP) is 2.37. The van der Waals surface area contributed by atoms with Crippen molar-refractivity contribution in [2.45, 2.75) is 39.2 Å². The lowest BCUT2D eigenvalue weighted by molar-refractivity contribution is -0.127. The van der Waals surface area contributed by atoms with Gasteiger partial charge in [-0.15, -0.1) is 0 Å². The zero-order chi connectivity index (χ0) is 15.3. The first-order valence-electron chi connectivity index (χ1n) is 6.53. The summed E-state index contributed by atoms with van der Waals surface area (Å²) in [5.74, 6) is -0.387. The number of carbonyl (C=O) groups is 2. The molecule has 0 fully saturated rings. The molecule has 1 atom stereocenters. The summed E-state index contributed by atoms with van der Waals surface area (Å²) in [6.45, 7) is 7.71. The number of amides is 2. The van der Waals surface area contributed by atoms with Crippen LogP contribution in [0.25, 0.3) is 0 Å². The van der Waals surface area contributed by atoms with Crippen molar-refractivity contribution >= 4 is 27.7 Å². The zero-order valence-electron chi connectivity index (χ0n) is 12.3. The quantitative estimate of drug-likeness (QED) is 0.864. The van der Waals surface area contributed by atoms with Crippen LogP contribution in [0.3, 0.4) is 0 Å². The number of rotatable bonds is 5. The Morgan fingerprint density at radius 1 is 1.35 bits per heavy atom. The van der Waals surface area contributed by atoms with Gasteiger partial charge >= 0.3 is 0 Å². The molecule has 0 saturated carbocycles. The third kappa shape index (κ3) is 4.96. The van der Waals surface area contributed by atoms with E-state index in [9.17, 15) is 9.59 Å². The second kappa shape index (κ2) is 6.88. The van der Waals surface area contributed by atoms with Gasteiger partial charge < -0.3 is 10.6 Å². The minimum Gasteiger partial charge on any atom is -0.353 e. The minimum atomic E-state index is -0.522. The molecule has 2 amide bonds. The van der Waals surface area contributed by atoms with E-state index < -0.39 is 6.04 Å². The van der Waals surface area contributed by atoms with Crippen molar-refractivity contribution in [2.24, 2.45) is 0 Å². The topological polar surface area (TPSA) is 58.2 Å². The Kier molecular flexibility index (Phi) is 5.74. The molecule has 0 bridgehead atoms. The van der Waals surface area contributed by atoms with Crippen LogP contribution in [0.5, 0.6) is 0 Å². The largest absolute Gasteiger partial charge is 0.353 e. The molecule has 4 nitrogen and oxygen atoms in total. The second-order valence-corrected chi connectivity index (χ2v) is 6.45. The Balaban J connectivity index is 2.63. The molecule has 1 unspecified atom stereocenters. The molecule has 0 saturated heterocycles. The highest BCUT2D eigenvalue weighted by molar-refractivity contribution is 9.10. The van der Waals surface area contributed by atoms with Gasteiger partial charge in [-0.25, -0.2) is 0 Å². The van der Waals surface area contributed by atoms with E-state index in [2.05, 4.69) is 40.4 Å². The molecule has 2 N–H and O–H groups in total. The van der Waals surface area contributed by atoms with Gasteiger partial charge in [0.05, 0.1) is 0 Å². The van der Waals surface area contributed by atoms with Crippen molar-refractivity contribution in [3.8, 4) is 0 Å². The van der Waals surface area contributed by atoms with Crippen LogP contribution in [-0.4, -0.2) is 24.4 Å². The van der Waals surface area contributed by atoms with Crippen LogP contribution in [-0.2, 0) is 15.0 Å². The summed E-state index contributed by atoms with van der Waals surface area (Å²) in [6, 6.07) is 7.50. The van der Waals surface area contributed by atoms with Crippen LogP contribution in [0.1, 0.15) is 33.3 Å². The van der Waals surface area contributed by atoms with Gasteiger partial charge in [0.2, 0.25) is 11.8 Å². The lowest BCUT2D eigenvalue weighted by atomic mass is 9.84. The van der Waals surface area contributed by atoms with Gasteiger partial charge in [0.15, 0.2) is 0 Å². The lowest BCUT2D eigenvalue weighted by Gasteiger charge is -2.26. The van der Waals surface area contributed by atoms with E-state index in [1.54, 1.807) is 6.92 Å². The summed E-state index contributed by atoms with van der Waals surface area (Å²) in [5.41, 5.74) is 0.953. The highest BCUT2D eigenvalue weighted by atomic mass is 79.9. The molecule has 1 aromatic rings. The van der Waals surface area contributed by atoms with Gasteiger partial charge in [0.25, 0.3) is 0 Å². The zero-order valence-corrected chi connectivity index (χ0v) is 13.9. The standard InChI is InChI=1S/C15H21BrN2O2/c1-10(18-11(2)19)14(20)17-9-15(3,4)12-6-5-7-13(16)8-12/h5-8,10H,9H2,1-4H3,(H,17,20)(H,18,19). The molecule has 1 rings (SSSR count). The highest BCUT2D eigenvalue weighted by Crippen LogP contribution is 2.25. The Bertz CT molecular complexity index is 500. The van der Waals surface area contributed by atoms with E-state index in [4.69, 9.17) is 0 Å². The third-order valence-corrected chi connectivity index (χ3v) is 3.62. The first kappa shape index (κ1) is 16.7. The molecule has 1 aromatic carbocycles. The number of carbonyl (C=O) groups excluding carboxylic acids is 2. The van der Waals surface area contributed by atoms with Crippen molar-refractivity contribution < 1.29 is 9.59 Å². The van der Waals surface area contributed by atoms with Gasteiger partial charge in [-0.1, -0.05) is 41.9 Å². The smallest absolute Gasteiger partial charge is 0.242 e. The maximum atomic E-state index is 11.9. The average Bonchev–Trinajstić information content (AvgIpc) is 2.35. The lowest BCUT2D eigenvalue weighted by Crippen LogP contribution is -2.47. The van der Waals surface area contributed by atoms with Crippen molar-refractivity contribution in [2.75, 3.05) is 6.54 Å². The molecule has 0 heterocycles. The van der Waals surface area contributed by atoms with Crippen LogP contribution in [0.2, 0.25) is 0 Å². The van der Waals surface area contributed by atoms with Gasteiger partial charge in [0.1, 0.15) is 6.04 Å². The van der Waals surface area contributed by atoms with E-state index in [0.29, 0.717) is 6.54 Å². The van der Waals surface area contributed by atoms with Gasteiger partial charge in [-0.2, -0.15) is 0 Å². The fourth-order valence-electron chi connectivity index (χ4n) is 1.84. The first-order valence-corrected chi connectivity index (χ1v) is 7.32. The minimum absolute atomic E-state index is 0.178. The van der Waals surface area contributed by atoms with Crippen molar-refractivity contribution in [3.05, 3.63) is 34.3 Å². The summed E-state index contributed by atoms with van der Waals surface area (Å²) in [5, 5.41) is 5.45. The first-order chi connectivity index (χ1) is 9.22. The number of hydrogen-bond donors (Lipinski definition) is 2. The normalized spacial score (nSPS) is 12.7. The maximum Gasteiger partial charge on any atom is 0.242 e. The Hall–Kier alpha value is -1.36. The van der Waals surface area contributed by atoms with Gasteiger partial charge in [0, 0.05) is 23.4 Å². The molecule has 110 valence electrons. The van der Waals surface area contributed by atoms with Crippen LogP contribution in [0.4, 0.5) is 0 Å². The fraction of sp³-hybridized carbons (Fsp3) is 0.467. The van der Waals surface area contributed by atoms with E-state index in [1.165, 1.54) is 6.92 Å². The van der Waals surface area contributed by atoms with Crippen molar-refractivity contribution in [3.63, 3.8) is 0 Å². The monoisotopic (exact) mass is 340 g/mol. The van der Waals surface area contributed by atoms with Crippen LogP contribution in [0.15, 0.2) is 28.7 Å². The predicted molar refractivity (Wildman–Crippen MR) is 83.5 cm³/mol. The number of hydrogen-bond acceptors (Lipinski definition) is 2. The Morgan fingerprint density at radius 3 is 2.55 bits per heavy atom. The van der Waals surface area contributed by atoms with E-state index in [-0.39, 0.29) is 17.2 Å². The number of halogens is 1. The molecule has 0 aliphatic carbocycles. The molecular formula is C15H21BrN2O2. The molecule has 0 spiro atoms. The highest BCUT2D eigenvalue weighted by Gasteiger charge is 2.23. The summed E-state index contributed by atoms with van der Waals surface area (Å²) < 4.78 is 1.01. The summed E-state index contributed by atoms with van der Waals surface area (Å²) >= 11 is 3.45. The van der Waals surface area contributed by atoms with Gasteiger partial charge in [-0.05, 0) is 24.6 Å². The van der Waals surface area contributed by atoms with Crippen LogP contribution < -0.4 is 10.6 Å². The molecule has 5 heteroatoms. The molecule has 0 aromatic heterocycles. The van der Waals surface area contributed by atoms with E-state index >= 15 is 0 Å². The van der Waals surface area contributed by atoms with Crippen LogP contribution in [0, 0.1) is 0 Å². The number of benzene rings is 1. The maximum absolute atomic E-state index is 11.9. The van der Waals surface area contributed by atoms with Crippen molar-refractivity contribution in [1.29, 1.82) is 0 Å². The summed E-state index contributed by atoms with van der Waals surface area (Å²) in [6.07, 6.45) is 0. The average molecular weight is 341 g/mol. The van der Waals surface area contributed by atoms with E-state index in [0.717, 1.165) is 10.0 Å². The van der Waals surface area contributed by atoms with E-state index in [1.807, 2.05) is 24.3 Å². The Morgan fingerprint density at radius 2 is 2.00 bits per heavy atom. The second-order valence-electron chi connectivity index (χ2n) is 5.53. The molecule has 0 radical (unpaired) electrons. The molecule has 20 heavy (non-hydrogen) atoms. The summed E-state index contributed by atoms with van der Waals surface area (Å²) in [7, 11) is 0. The third-order valence-electron chi connectivity index (χ3n) is 3.12. The fourth-order valence-corrected chi connectivity index (χ4v) is 2.24. The Labute approximate surface area is 128 Å². The number of nitrogens with one attached hydrogen (secondary N) is 2. The van der Waals surface area contributed by atoms with Crippen molar-refractivity contribution in [1.82, 2.24) is 10.6 Å². The molecular weight excluding hydrogens is 320 g/mol.